The van der Waals surface area contributed by atoms with Gasteiger partial charge in [0.05, 0.1) is 0 Å². The Morgan fingerprint density at radius 2 is 1.55 bits per heavy atom. The first kappa shape index (κ1) is 16.4. The number of halogens is 2. The van der Waals surface area contributed by atoms with Gasteiger partial charge in [0.1, 0.15) is 17.2 Å². The molecule has 0 aromatic heterocycles. The molecule has 0 atom stereocenters. The van der Waals surface area contributed by atoms with Crippen LogP contribution in [-0.4, -0.2) is 47.8 Å². The van der Waals surface area contributed by atoms with Crippen LogP contribution in [0.4, 0.5) is 8.78 Å². The molecule has 2 rings (SSSR count). The first-order chi connectivity index (χ1) is 10.4. The van der Waals surface area contributed by atoms with Crippen LogP contribution in [0.5, 0.6) is 0 Å². The zero-order chi connectivity index (χ0) is 16.3. The van der Waals surface area contributed by atoms with Gasteiger partial charge < -0.3 is 9.80 Å². The fourth-order valence-corrected chi connectivity index (χ4v) is 2.50. The molecule has 1 fully saturated rings. The summed E-state index contributed by atoms with van der Waals surface area (Å²) in [4.78, 5) is 27.3. The number of nitrogens with zero attached hydrogens (tertiary/aromatic N) is 2. The zero-order valence-electron chi connectivity index (χ0n) is 12.8. The third kappa shape index (κ3) is 3.61. The molecule has 1 saturated heterocycles. The third-order valence-electron chi connectivity index (χ3n) is 3.68. The topological polar surface area (TPSA) is 40.6 Å². The van der Waals surface area contributed by atoms with E-state index in [1.54, 1.807) is 4.90 Å². The molecular weight excluding hydrogens is 290 g/mol. The molecule has 0 N–H and O–H groups in total. The van der Waals surface area contributed by atoms with Crippen LogP contribution in [0.3, 0.4) is 0 Å². The lowest BCUT2D eigenvalue weighted by molar-refractivity contribution is -0.133. The van der Waals surface area contributed by atoms with Gasteiger partial charge in [-0.2, -0.15) is 0 Å². The van der Waals surface area contributed by atoms with Crippen LogP contribution < -0.4 is 0 Å². The second-order valence-electron chi connectivity index (χ2n) is 5.87. The minimum Gasteiger partial charge on any atom is -0.339 e. The lowest BCUT2D eigenvalue weighted by Gasteiger charge is -2.35. The summed E-state index contributed by atoms with van der Waals surface area (Å²) in [5.41, 5.74) is -0.524. The Balaban J connectivity index is 2.00. The summed E-state index contributed by atoms with van der Waals surface area (Å²) in [6, 6.07) is 3.36. The van der Waals surface area contributed by atoms with E-state index in [1.165, 1.54) is 11.0 Å². The summed E-state index contributed by atoms with van der Waals surface area (Å²) in [5.74, 6) is -2.04. The van der Waals surface area contributed by atoms with E-state index in [4.69, 9.17) is 0 Å². The van der Waals surface area contributed by atoms with Crippen molar-refractivity contribution in [3.8, 4) is 0 Å². The van der Waals surface area contributed by atoms with Gasteiger partial charge in [0, 0.05) is 32.6 Å². The number of carbonyl (C=O) groups excluding carboxylic acids is 2. The monoisotopic (exact) mass is 310 g/mol. The van der Waals surface area contributed by atoms with Gasteiger partial charge in [0.2, 0.25) is 5.91 Å². The number of amides is 2. The third-order valence-corrected chi connectivity index (χ3v) is 3.68. The molecule has 6 heteroatoms. The highest BCUT2D eigenvalue weighted by molar-refractivity contribution is 5.95. The maximum absolute atomic E-state index is 13.7. The highest BCUT2D eigenvalue weighted by atomic mass is 19.1. The number of hydrogen-bond donors (Lipinski definition) is 0. The van der Waals surface area contributed by atoms with Gasteiger partial charge in [-0.25, -0.2) is 8.78 Å². The average molecular weight is 310 g/mol. The van der Waals surface area contributed by atoms with Crippen molar-refractivity contribution in [2.75, 3.05) is 26.2 Å². The van der Waals surface area contributed by atoms with E-state index in [9.17, 15) is 18.4 Å². The van der Waals surface area contributed by atoms with Gasteiger partial charge in [0.15, 0.2) is 0 Å². The summed E-state index contributed by atoms with van der Waals surface area (Å²) >= 11 is 0. The minimum atomic E-state index is -0.858. The molecule has 2 amide bonds. The van der Waals surface area contributed by atoms with Crippen LogP contribution in [-0.2, 0) is 4.79 Å². The van der Waals surface area contributed by atoms with Crippen molar-refractivity contribution in [1.29, 1.82) is 0 Å². The SMILES string of the molecule is CC(C)CC(=O)N1CCN(C(=O)c2c(F)cccc2F)CC1. The largest absolute Gasteiger partial charge is 0.339 e. The molecule has 1 heterocycles. The lowest BCUT2D eigenvalue weighted by atomic mass is 10.1. The fraction of sp³-hybridized carbons (Fsp3) is 0.500. The van der Waals surface area contributed by atoms with E-state index in [0.29, 0.717) is 19.5 Å². The Labute approximate surface area is 128 Å². The molecule has 1 aliphatic rings. The maximum Gasteiger partial charge on any atom is 0.259 e. The van der Waals surface area contributed by atoms with Crippen LogP contribution in [0.2, 0.25) is 0 Å². The van der Waals surface area contributed by atoms with E-state index in [-0.39, 0.29) is 24.9 Å². The van der Waals surface area contributed by atoms with Gasteiger partial charge in [-0.3, -0.25) is 9.59 Å². The van der Waals surface area contributed by atoms with E-state index in [1.807, 2.05) is 13.8 Å². The highest BCUT2D eigenvalue weighted by Gasteiger charge is 2.28. The van der Waals surface area contributed by atoms with E-state index in [2.05, 4.69) is 0 Å². The Kier molecular flexibility index (Phi) is 5.11. The van der Waals surface area contributed by atoms with Crippen LogP contribution in [0.1, 0.15) is 30.6 Å². The van der Waals surface area contributed by atoms with Crippen LogP contribution in [0.15, 0.2) is 18.2 Å². The van der Waals surface area contributed by atoms with Crippen LogP contribution in [0, 0.1) is 17.6 Å². The molecule has 0 saturated carbocycles. The molecule has 0 radical (unpaired) electrons. The van der Waals surface area contributed by atoms with Crippen molar-refractivity contribution in [3.63, 3.8) is 0 Å². The number of rotatable bonds is 3. The van der Waals surface area contributed by atoms with Crippen molar-refractivity contribution >= 4 is 11.8 Å². The molecule has 0 bridgehead atoms. The fourth-order valence-electron chi connectivity index (χ4n) is 2.50. The molecule has 1 aromatic carbocycles. The van der Waals surface area contributed by atoms with Gasteiger partial charge in [-0.1, -0.05) is 19.9 Å². The molecular formula is C16H20F2N2O2. The second-order valence-corrected chi connectivity index (χ2v) is 5.87. The zero-order valence-corrected chi connectivity index (χ0v) is 12.8. The minimum absolute atomic E-state index is 0.0548. The Bertz CT molecular complexity index is 547. The molecule has 4 nitrogen and oxygen atoms in total. The lowest BCUT2D eigenvalue weighted by Crippen LogP contribution is -2.51. The van der Waals surface area contributed by atoms with Crippen LogP contribution >= 0.6 is 0 Å². The van der Waals surface area contributed by atoms with Gasteiger partial charge >= 0.3 is 0 Å². The summed E-state index contributed by atoms with van der Waals surface area (Å²) in [6.45, 7) is 5.31. The molecule has 1 aromatic rings. The van der Waals surface area contributed by atoms with E-state index >= 15 is 0 Å². The number of piperazine rings is 1. The van der Waals surface area contributed by atoms with Crippen molar-refractivity contribution in [2.24, 2.45) is 5.92 Å². The Hall–Kier alpha value is -1.98. The van der Waals surface area contributed by atoms with Crippen molar-refractivity contribution < 1.29 is 18.4 Å². The van der Waals surface area contributed by atoms with E-state index < -0.39 is 23.1 Å². The summed E-state index contributed by atoms with van der Waals surface area (Å²) < 4.78 is 27.3. The quantitative estimate of drug-likeness (QED) is 0.859. The average Bonchev–Trinajstić information content (AvgIpc) is 2.46. The van der Waals surface area contributed by atoms with E-state index in [0.717, 1.165) is 12.1 Å². The summed E-state index contributed by atoms with van der Waals surface area (Å²) in [6.07, 6.45) is 0.468. The molecule has 120 valence electrons. The normalized spacial score (nSPS) is 15.3. The van der Waals surface area contributed by atoms with Crippen LogP contribution in [0.25, 0.3) is 0 Å². The number of benzene rings is 1. The Morgan fingerprint density at radius 3 is 2.05 bits per heavy atom. The summed E-state index contributed by atoms with van der Waals surface area (Å²) in [5, 5.41) is 0. The first-order valence-corrected chi connectivity index (χ1v) is 7.41. The maximum atomic E-state index is 13.7. The second kappa shape index (κ2) is 6.85. The smallest absolute Gasteiger partial charge is 0.259 e. The molecule has 0 aliphatic carbocycles. The molecule has 0 unspecified atom stereocenters. The van der Waals surface area contributed by atoms with Crippen molar-refractivity contribution in [1.82, 2.24) is 9.80 Å². The van der Waals surface area contributed by atoms with Gasteiger partial charge in [-0.15, -0.1) is 0 Å². The van der Waals surface area contributed by atoms with Gasteiger partial charge in [-0.05, 0) is 18.1 Å². The predicted molar refractivity (Wildman–Crippen MR) is 78.3 cm³/mol. The predicted octanol–water partition coefficient (Wildman–Crippen LogP) is 2.30. The van der Waals surface area contributed by atoms with Crippen molar-refractivity contribution in [2.45, 2.75) is 20.3 Å². The highest BCUT2D eigenvalue weighted by Crippen LogP contribution is 2.16. The molecule has 0 spiro atoms. The standard InChI is InChI=1S/C16H20F2N2O2/c1-11(2)10-14(21)19-6-8-20(9-7-19)16(22)15-12(17)4-3-5-13(15)18/h3-5,11H,6-10H2,1-2H3. The Morgan fingerprint density at radius 1 is 1.05 bits per heavy atom. The number of carbonyl (C=O) groups is 2. The molecule has 1 aliphatic heterocycles. The van der Waals surface area contributed by atoms with Crippen molar-refractivity contribution in [3.05, 3.63) is 35.4 Å². The number of hydrogen-bond acceptors (Lipinski definition) is 2. The van der Waals surface area contributed by atoms with Gasteiger partial charge in [0.25, 0.3) is 5.91 Å². The molecule has 22 heavy (non-hydrogen) atoms. The summed E-state index contributed by atoms with van der Waals surface area (Å²) in [7, 11) is 0. The first-order valence-electron chi connectivity index (χ1n) is 7.41.